The highest BCUT2D eigenvalue weighted by molar-refractivity contribution is 9.10. The first kappa shape index (κ1) is 14.6. The standard InChI is InChI=1S/C15H15BrN2O2S/c16-10-6-14(21-8-10)13(7-17)20-11-2-3-12-9(5-11)1-4-15(19)18-12/h2-3,5-6,8,13H,1,4,7,17H2,(H,18,19). The maximum atomic E-state index is 11.4. The van der Waals surface area contributed by atoms with E-state index < -0.39 is 0 Å². The molecule has 0 spiro atoms. The maximum Gasteiger partial charge on any atom is 0.224 e. The van der Waals surface area contributed by atoms with Crippen LogP contribution in [0, 0.1) is 0 Å². The molecule has 0 fully saturated rings. The van der Waals surface area contributed by atoms with E-state index in [1.54, 1.807) is 11.3 Å². The lowest BCUT2D eigenvalue weighted by Gasteiger charge is -2.20. The van der Waals surface area contributed by atoms with Crippen molar-refractivity contribution < 1.29 is 9.53 Å². The predicted molar refractivity (Wildman–Crippen MR) is 87.8 cm³/mol. The van der Waals surface area contributed by atoms with E-state index in [4.69, 9.17) is 10.5 Å². The van der Waals surface area contributed by atoms with Crippen LogP contribution < -0.4 is 15.8 Å². The van der Waals surface area contributed by atoms with Gasteiger partial charge in [0.05, 0.1) is 0 Å². The van der Waals surface area contributed by atoms with Gasteiger partial charge < -0.3 is 15.8 Å². The van der Waals surface area contributed by atoms with E-state index in [9.17, 15) is 4.79 Å². The van der Waals surface area contributed by atoms with E-state index in [2.05, 4.69) is 21.2 Å². The van der Waals surface area contributed by atoms with Gasteiger partial charge in [0.15, 0.2) is 0 Å². The van der Waals surface area contributed by atoms with Crippen LogP contribution in [0.1, 0.15) is 23.0 Å². The molecule has 1 atom stereocenters. The van der Waals surface area contributed by atoms with Crippen molar-refractivity contribution in [3.63, 3.8) is 0 Å². The number of hydrogen-bond donors (Lipinski definition) is 2. The van der Waals surface area contributed by atoms with Gasteiger partial charge in [-0.1, -0.05) is 0 Å². The second kappa shape index (κ2) is 6.17. The van der Waals surface area contributed by atoms with Gasteiger partial charge in [-0.25, -0.2) is 0 Å². The fraction of sp³-hybridized carbons (Fsp3) is 0.267. The van der Waals surface area contributed by atoms with Crippen molar-refractivity contribution in [3.8, 4) is 5.75 Å². The van der Waals surface area contributed by atoms with E-state index in [1.807, 2.05) is 29.6 Å². The summed E-state index contributed by atoms with van der Waals surface area (Å²) < 4.78 is 7.05. The molecule has 1 unspecified atom stereocenters. The number of aryl methyl sites for hydroxylation is 1. The number of hydrogen-bond acceptors (Lipinski definition) is 4. The lowest BCUT2D eigenvalue weighted by atomic mass is 10.0. The maximum absolute atomic E-state index is 11.4. The second-order valence-electron chi connectivity index (χ2n) is 4.88. The predicted octanol–water partition coefficient (Wildman–Crippen LogP) is 3.47. The van der Waals surface area contributed by atoms with Crippen LogP contribution in [0.25, 0.3) is 0 Å². The first-order valence-corrected chi connectivity index (χ1v) is 8.36. The number of anilines is 1. The highest BCUT2D eigenvalue weighted by atomic mass is 79.9. The number of nitrogens with one attached hydrogen (secondary N) is 1. The molecule has 1 amide bonds. The highest BCUT2D eigenvalue weighted by Crippen LogP contribution is 2.32. The normalized spacial score (nSPS) is 15.2. The van der Waals surface area contributed by atoms with Crippen molar-refractivity contribution in [1.29, 1.82) is 0 Å². The van der Waals surface area contributed by atoms with E-state index in [1.165, 1.54) is 0 Å². The molecule has 1 aromatic carbocycles. The topological polar surface area (TPSA) is 64.3 Å². The molecular weight excluding hydrogens is 352 g/mol. The molecule has 2 heterocycles. The quantitative estimate of drug-likeness (QED) is 0.870. The number of nitrogens with two attached hydrogens (primary N) is 1. The summed E-state index contributed by atoms with van der Waals surface area (Å²) in [4.78, 5) is 12.5. The van der Waals surface area contributed by atoms with Gasteiger partial charge in [-0.3, -0.25) is 4.79 Å². The molecule has 0 radical (unpaired) electrons. The molecule has 2 aromatic rings. The molecule has 21 heavy (non-hydrogen) atoms. The fourth-order valence-corrected chi connectivity index (χ4v) is 3.80. The summed E-state index contributed by atoms with van der Waals surface area (Å²) in [6.07, 6.45) is 1.11. The van der Waals surface area contributed by atoms with E-state index in [0.29, 0.717) is 13.0 Å². The lowest BCUT2D eigenvalue weighted by Crippen LogP contribution is -2.20. The SMILES string of the molecule is NCC(Oc1ccc2c(c1)CCC(=O)N2)c1cc(Br)cs1. The van der Waals surface area contributed by atoms with Gasteiger partial charge >= 0.3 is 0 Å². The zero-order valence-electron chi connectivity index (χ0n) is 11.3. The van der Waals surface area contributed by atoms with Crippen molar-refractivity contribution >= 4 is 38.9 Å². The summed E-state index contributed by atoms with van der Waals surface area (Å²) >= 11 is 5.07. The van der Waals surface area contributed by atoms with Crippen molar-refractivity contribution in [1.82, 2.24) is 0 Å². The fourth-order valence-electron chi connectivity index (χ4n) is 2.32. The molecule has 6 heteroatoms. The average Bonchev–Trinajstić information content (AvgIpc) is 2.91. The first-order valence-electron chi connectivity index (χ1n) is 6.69. The van der Waals surface area contributed by atoms with Crippen LogP contribution in [0.4, 0.5) is 5.69 Å². The Hall–Kier alpha value is -1.37. The van der Waals surface area contributed by atoms with Gasteiger partial charge in [-0.05, 0) is 52.2 Å². The molecule has 0 aliphatic carbocycles. The van der Waals surface area contributed by atoms with E-state index in [-0.39, 0.29) is 12.0 Å². The molecule has 0 saturated heterocycles. The molecule has 0 bridgehead atoms. The average molecular weight is 367 g/mol. The number of ether oxygens (including phenoxy) is 1. The van der Waals surface area contributed by atoms with Gasteiger partial charge in [0.2, 0.25) is 5.91 Å². The number of carbonyl (C=O) groups is 1. The first-order chi connectivity index (χ1) is 10.2. The number of carbonyl (C=O) groups excluding carboxylic acids is 1. The number of benzene rings is 1. The minimum atomic E-state index is -0.155. The minimum Gasteiger partial charge on any atom is -0.484 e. The van der Waals surface area contributed by atoms with Gasteiger partial charge in [-0.15, -0.1) is 11.3 Å². The minimum absolute atomic E-state index is 0.0689. The summed E-state index contributed by atoms with van der Waals surface area (Å²) in [6, 6.07) is 7.77. The number of amides is 1. The largest absolute Gasteiger partial charge is 0.484 e. The Balaban J connectivity index is 1.79. The van der Waals surface area contributed by atoms with E-state index in [0.717, 1.165) is 32.8 Å². The van der Waals surface area contributed by atoms with Crippen LogP contribution in [0.2, 0.25) is 0 Å². The van der Waals surface area contributed by atoms with Crippen LogP contribution in [0.5, 0.6) is 5.75 Å². The van der Waals surface area contributed by atoms with Crippen molar-refractivity contribution in [2.24, 2.45) is 5.73 Å². The number of halogens is 1. The third-order valence-electron chi connectivity index (χ3n) is 3.37. The van der Waals surface area contributed by atoms with Crippen LogP contribution in [0.3, 0.4) is 0 Å². The Bertz CT molecular complexity index is 671. The Morgan fingerprint density at radius 3 is 2.95 bits per heavy atom. The zero-order chi connectivity index (χ0) is 14.8. The molecule has 1 aliphatic heterocycles. The Morgan fingerprint density at radius 2 is 2.24 bits per heavy atom. The molecule has 1 aromatic heterocycles. The third kappa shape index (κ3) is 3.28. The second-order valence-corrected chi connectivity index (χ2v) is 6.74. The lowest BCUT2D eigenvalue weighted by molar-refractivity contribution is -0.116. The Kier molecular flexibility index (Phi) is 4.28. The van der Waals surface area contributed by atoms with Gasteiger partial charge in [0, 0.05) is 33.4 Å². The molecule has 3 N–H and O–H groups in total. The molecular formula is C15H15BrN2O2S. The number of rotatable bonds is 4. The number of thiophene rings is 1. The summed E-state index contributed by atoms with van der Waals surface area (Å²) in [7, 11) is 0. The van der Waals surface area contributed by atoms with E-state index >= 15 is 0 Å². The molecule has 110 valence electrons. The molecule has 3 rings (SSSR count). The van der Waals surface area contributed by atoms with Gasteiger partial charge in [-0.2, -0.15) is 0 Å². The smallest absolute Gasteiger partial charge is 0.224 e. The van der Waals surface area contributed by atoms with Crippen LogP contribution in [-0.4, -0.2) is 12.5 Å². The third-order valence-corrected chi connectivity index (χ3v) is 5.16. The zero-order valence-corrected chi connectivity index (χ0v) is 13.7. The highest BCUT2D eigenvalue weighted by Gasteiger charge is 2.18. The van der Waals surface area contributed by atoms with Crippen LogP contribution in [0.15, 0.2) is 34.1 Å². The van der Waals surface area contributed by atoms with Crippen LogP contribution in [-0.2, 0) is 11.2 Å². The Labute approximate surface area is 135 Å². The van der Waals surface area contributed by atoms with Gasteiger partial charge in [0.1, 0.15) is 11.9 Å². The number of fused-ring (bicyclic) bond motifs is 1. The molecule has 4 nitrogen and oxygen atoms in total. The summed E-state index contributed by atoms with van der Waals surface area (Å²) in [5.41, 5.74) is 7.81. The van der Waals surface area contributed by atoms with Crippen LogP contribution >= 0.6 is 27.3 Å². The summed E-state index contributed by atoms with van der Waals surface area (Å²) in [5, 5.41) is 4.88. The van der Waals surface area contributed by atoms with Gasteiger partial charge in [0.25, 0.3) is 0 Å². The molecule has 0 saturated carbocycles. The monoisotopic (exact) mass is 366 g/mol. The van der Waals surface area contributed by atoms with Crippen molar-refractivity contribution in [2.75, 3.05) is 11.9 Å². The Morgan fingerprint density at radius 1 is 1.38 bits per heavy atom. The summed E-state index contributed by atoms with van der Waals surface area (Å²) in [6.45, 7) is 0.417. The molecule has 1 aliphatic rings. The van der Waals surface area contributed by atoms with Crippen molar-refractivity contribution in [3.05, 3.63) is 44.6 Å². The van der Waals surface area contributed by atoms with Crippen molar-refractivity contribution in [2.45, 2.75) is 18.9 Å². The summed E-state index contributed by atoms with van der Waals surface area (Å²) in [5.74, 6) is 0.851.